The second-order valence-electron chi connectivity index (χ2n) is 8.73. The smallest absolute Gasteiger partial charge is 0.270 e. The number of carbonyl (C=O) groups is 1. The molecule has 0 aliphatic carbocycles. The normalized spacial score (nSPS) is 15.7. The van der Waals surface area contributed by atoms with E-state index in [-0.39, 0.29) is 11.6 Å². The third kappa shape index (κ3) is 4.46. The van der Waals surface area contributed by atoms with Crippen molar-refractivity contribution in [3.63, 3.8) is 0 Å². The highest BCUT2D eigenvalue weighted by molar-refractivity contribution is 6.08. The molecule has 2 aromatic carbocycles. The molecule has 2 aliphatic heterocycles. The fourth-order valence-corrected chi connectivity index (χ4v) is 4.70. The van der Waals surface area contributed by atoms with Gasteiger partial charge in [-0.2, -0.15) is 0 Å². The molecule has 1 fully saturated rings. The number of hydrogen-bond acceptors (Lipinski definition) is 5. The van der Waals surface area contributed by atoms with Gasteiger partial charge in [0.1, 0.15) is 5.82 Å². The van der Waals surface area contributed by atoms with Crippen molar-refractivity contribution < 1.29 is 9.72 Å². The van der Waals surface area contributed by atoms with Gasteiger partial charge in [0.25, 0.3) is 11.6 Å². The van der Waals surface area contributed by atoms with Crippen molar-refractivity contribution in [1.29, 1.82) is 0 Å². The molecule has 0 unspecified atom stereocenters. The number of aromatic nitrogens is 2. The van der Waals surface area contributed by atoms with Crippen molar-refractivity contribution in [1.82, 2.24) is 9.55 Å². The molecule has 1 aromatic heterocycles. The van der Waals surface area contributed by atoms with E-state index in [1.165, 1.54) is 25.0 Å². The van der Waals surface area contributed by atoms with Crippen molar-refractivity contribution in [3.8, 4) is 11.3 Å². The minimum absolute atomic E-state index is 0.0833. The van der Waals surface area contributed by atoms with E-state index in [0.29, 0.717) is 11.3 Å². The number of benzene rings is 2. The number of non-ortho nitro benzene ring substituents is 1. The van der Waals surface area contributed by atoms with E-state index in [1.807, 2.05) is 24.3 Å². The molecule has 8 nitrogen and oxygen atoms in total. The van der Waals surface area contributed by atoms with E-state index >= 15 is 0 Å². The van der Waals surface area contributed by atoms with Crippen LogP contribution in [0.1, 0.15) is 48.3 Å². The Morgan fingerprint density at radius 3 is 2.45 bits per heavy atom. The summed E-state index contributed by atoms with van der Waals surface area (Å²) < 4.78 is 2.22. The van der Waals surface area contributed by atoms with Gasteiger partial charge in [0, 0.05) is 55.6 Å². The number of fused-ring (bicyclic) bond motifs is 1. The Morgan fingerprint density at radius 2 is 1.73 bits per heavy atom. The second kappa shape index (κ2) is 9.05. The zero-order valence-electron chi connectivity index (χ0n) is 18.5. The Kier molecular flexibility index (Phi) is 5.81. The first kappa shape index (κ1) is 21.2. The van der Waals surface area contributed by atoms with E-state index in [2.05, 4.69) is 21.0 Å². The molecule has 8 heteroatoms. The molecule has 5 rings (SSSR count). The largest absolute Gasteiger partial charge is 0.371 e. The van der Waals surface area contributed by atoms with E-state index in [9.17, 15) is 14.9 Å². The van der Waals surface area contributed by atoms with Crippen LogP contribution in [0.2, 0.25) is 0 Å². The van der Waals surface area contributed by atoms with Crippen molar-refractivity contribution in [2.24, 2.45) is 0 Å². The highest BCUT2D eigenvalue weighted by atomic mass is 16.6. The summed E-state index contributed by atoms with van der Waals surface area (Å²) >= 11 is 0. The highest BCUT2D eigenvalue weighted by Gasteiger charge is 2.22. The number of nitrogens with one attached hydrogen (secondary N) is 1. The van der Waals surface area contributed by atoms with Crippen LogP contribution in [-0.2, 0) is 13.0 Å². The van der Waals surface area contributed by atoms with Gasteiger partial charge in [-0.15, -0.1) is 0 Å². The van der Waals surface area contributed by atoms with E-state index in [4.69, 9.17) is 4.98 Å². The highest BCUT2D eigenvalue weighted by Crippen LogP contribution is 2.29. The number of aryl methyl sites for hydroxylation is 2. The zero-order valence-corrected chi connectivity index (χ0v) is 18.5. The maximum atomic E-state index is 13.2. The number of nitrogens with zero attached hydrogens (tertiary/aromatic N) is 4. The van der Waals surface area contributed by atoms with Gasteiger partial charge in [0.15, 0.2) is 0 Å². The quantitative estimate of drug-likeness (QED) is 0.439. The molecule has 0 radical (unpaired) electrons. The summed E-state index contributed by atoms with van der Waals surface area (Å²) in [6, 6.07) is 12.1. The summed E-state index contributed by atoms with van der Waals surface area (Å²) in [6.45, 7) is 2.71. The SMILES string of the molecule is O=C(Nc1ccc(-c2cn3c(n2)CCCC3)cc1)c1cc([N+](=O)[O-])ccc1N1CCCCC1. The lowest BCUT2D eigenvalue weighted by molar-refractivity contribution is -0.384. The standard InChI is InChI=1S/C25H27N5O3/c31-25(21-16-20(30(32)33)11-12-23(21)28-13-3-1-4-14-28)26-19-9-7-18(8-10-19)22-17-29-15-5-2-6-24(29)27-22/h7-12,16-17H,1-6,13-15H2,(H,26,31). The number of rotatable bonds is 5. The van der Waals surface area contributed by atoms with Crippen LogP contribution in [0.4, 0.5) is 17.1 Å². The molecule has 1 N–H and O–H groups in total. The van der Waals surface area contributed by atoms with Crippen LogP contribution >= 0.6 is 0 Å². The molecule has 0 atom stereocenters. The molecule has 2 aliphatic rings. The average Bonchev–Trinajstić information content (AvgIpc) is 3.29. The minimum atomic E-state index is -0.462. The molecule has 3 aromatic rings. The first-order valence-corrected chi connectivity index (χ1v) is 11.6. The van der Waals surface area contributed by atoms with Gasteiger partial charge in [0.2, 0.25) is 0 Å². The van der Waals surface area contributed by atoms with Crippen LogP contribution in [0, 0.1) is 10.1 Å². The Morgan fingerprint density at radius 1 is 0.970 bits per heavy atom. The molecule has 1 saturated heterocycles. The van der Waals surface area contributed by atoms with Crippen molar-refractivity contribution in [3.05, 3.63) is 70.2 Å². The minimum Gasteiger partial charge on any atom is -0.371 e. The van der Waals surface area contributed by atoms with Crippen LogP contribution in [0.15, 0.2) is 48.7 Å². The van der Waals surface area contributed by atoms with E-state index < -0.39 is 4.92 Å². The van der Waals surface area contributed by atoms with Gasteiger partial charge in [0.05, 0.1) is 21.9 Å². The predicted octanol–water partition coefficient (Wildman–Crippen LogP) is 5.04. The molecule has 0 bridgehead atoms. The maximum absolute atomic E-state index is 13.2. The van der Waals surface area contributed by atoms with Crippen molar-refractivity contribution in [2.45, 2.75) is 45.1 Å². The molecular formula is C25H27N5O3. The molecule has 170 valence electrons. The van der Waals surface area contributed by atoms with Crippen LogP contribution in [0.25, 0.3) is 11.3 Å². The molecule has 1 amide bonds. The van der Waals surface area contributed by atoms with Gasteiger partial charge in [-0.05, 0) is 50.3 Å². The topological polar surface area (TPSA) is 93.3 Å². The van der Waals surface area contributed by atoms with Gasteiger partial charge in [-0.25, -0.2) is 4.98 Å². The average molecular weight is 446 g/mol. The predicted molar refractivity (Wildman–Crippen MR) is 128 cm³/mol. The summed E-state index contributed by atoms with van der Waals surface area (Å²) in [5.41, 5.74) is 3.58. The Labute approximate surface area is 192 Å². The van der Waals surface area contributed by atoms with Gasteiger partial charge in [-0.3, -0.25) is 14.9 Å². The molecule has 0 spiro atoms. The summed E-state index contributed by atoms with van der Waals surface area (Å²) in [6.07, 6.45) is 8.74. The number of piperidine rings is 1. The summed E-state index contributed by atoms with van der Waals surface area (Å²) in [4.78, 5) is 30.9. The first-order valence-electron chi connectivity index (χ1n) is 11.6. The van der Waals surface area contributed by atoms with Crippen LogP contribution in [0.5, 0.6) is 0 Å². The second-order valence-corrected chi connectivity index (χ2v) is 8.73. The Balaban J connectivity index is 1.37. The number of anilines is 2. The molecule has 33 heavy (non-hydrogen) atoms. The van der Waals surface area contributed by atoms with E-state index in [0.717, 1.165) is 68.1 Å². The molecular weight excluding hydrogens is 418 g/mol. The van der Waals surface area contributed by atoms with Gasteiger partial charge >= 0.3 is 0 Å². The maximum Gasteiger partial charge on any atom is 0.270 e. The van der Waals surface area contributed by atoms with Gasteiger partial charge < -0.3 is 14.8 Å². The monoisotopic (exact) mass is 445 g/mol. The van der Waals surface area contributed by atoms with Gasteiger partial charge in [-0.1, -0.05) is 12.1 Å². The lowest BCUT2D eigenvalue weighted by atomic mass is 10.1. The Hall–Kier alpha value is -3.68. The van der Waals surface area contributed by atoms with Crippen LogP contribution in [-0.4, -0.2) is 33.5 Å². The zero-order chi connectivity index (χ0) is 22.8. The number of nitro groups is 1. The number of nitro benzene ring substituents is 1. The fourth-order valence-electron chi connectivity index (χ4n) is 4.70. The first-order chi connectivity index (χ1) is 16.1. The third-order valence-corrected chi connectivity index (χ3v) is 6.48. The fraction of sp³-hybridized carbons (Fsp3) is 0.360. The number of imidazole rings is 1. The van der Waals surface area contributed by atoms with Crippen LogP contribution < -0.4 is 10.2 Å². The molecule has 3 heterocycles. The number of hydrogen-bond donors (Lipinski definition) is 1. The third-order valence-electron chi connectivity index (χ3n) is 6.48. The number of amides is 1. The van der Waals surface area contributed by atoms with Crippen LogP contribution in [0.3, 0.4) is 0 Å². The van der Waals surface area contributed by atoms with Crippen molar-refractivity contribution in [2.75, 3.05) is 23.3 Å². The Bertz CT molecular complexity index is 1160. The summed E-state index contributed by atoms with van der Waals surface area (Å²) in [5.74, 6) is 0.786. The van der Waals surface area contributed by atoms with E-state index in [1.54, 1.807) is 6.07 Å². The number of carbonyl (C=O) groups excluding carboxylic acids is 1. The lowest BCUT2D eigenvalue weighted by Crippen LogP contribution is -2.31. The molecule has 0 saturated carbocycles. The lowest BCUT2D eigenvalue weighted by Gasteiger charge is -2.30. The summed E-state index contributed by atoms with van der Waals surface area (Å²) in [5, 5.41) is 14.2. The summed E-state index contributed by atoms with van der Waals surface area (Å²) in [7, 11) is 0. The van der Waals surface area contributed by atoms with Crippen molar-refractivity contribution >= 4 is 23.0 Å².